The highest BCUT2D eigenvalue weighted by atomic mass is 19.4. The molecule has 3 atom stereocenters. The van der Waals surface area contributed by atoms with Crippen molar-refractivity contribution in [2.45, 2.75) is 44.6 Å². The Morgan fingerprint density at radius 2 is 2.22 bits per heavy atom. The van der Waals surface area contributed by atoms with Crippen molar-refractivity contribution < 1.29 is 22.7 Å². The quantitative estimate of drug-likeness (QED) is 0.890. The molecule has 0 unspecified atom stereocenters. The van der Waals surface area contributed by atoms with Crippen LogP contribution >= 0.6 is 0 Å². The lowest BCUT2D eigenvalue weighted by Gasteiger charge is -2.17. The summed E-state index contributed by atoms with van der Waals surface area (Å²) >= 11 is 0. The molecule has 126 valence electrons. The van der Waals surface area contributed by atoms with Gasteiger partial charge < -0.3 is 15.4 Å². The molecule has 2 aliphatic rings. The molecule has 2 fully saturated rings. The molecule has 1 aliphatic heterocycles. The first-order valence-electron chi connectivity index (χ1n) is 7.36. The molecule has 1 aliphatic carbocycles. The van der Waals surface area contributed by atoms with Crippen molar-refractivity contribution in [2.75, 3.05) is 12.4 Å². The van der Waals surface area contributed by atoms with Crippen molar-refractivity contribution in [1.29, 1.82) is 0 Å². The highest BCUT2D eigenvalue weighted by Crippen LogP contribution is 2.53. The Hall–Kier alpha value is -1.67. The number of carbonyl (C=O) groups is 1. The summed E-state index contributed by atoms with van der Waals surface area (Å²) in [5.74, 6) is -0.457. The molecule has 1 amide bonds. The number of ether oxygens (including phenoxy) is 1. The molecule has 2 N–H and O–H groups in total. The first-order valence-corrected chi connectivity index (χ1v) is 7.36. The molecule has 2 heterocycles. The van der Waals surface area contributed by atoms with Crippen LogP contribution in [0, 0.1) is 5.41 Å². The van der Waals surface area contributed by atoms with E-state index < -0.39 is 17.9 Å². The lowest BCUT2D eigenvalue weighted by molar-refractivity contribution is -0.141. The van der Waals surface area contributed by atoms with Crippen LogP contribution in [0.1, 0.15) is 31.0 Å². The van der Waals surface area contributed by atoms with Gasteiger partial charge in [0.1, 0.15) is 11.5 Å². The molecule has 0 spiro atoms. The van der Waals surface area contributed by atoms with Gasteiger partial charge in [-0.05, 0) is 24.3 Å². The van der Waals surface area contributed by atoms with Gasteiger partial charge in [0.05, 0.1) is 12.6 Å². The SMILES string of the molecule is COCc1ccc(C(F)(F)F)nc1NC(=O)[C@@H]1C[C@@]2(C)C[C@H]2N1. The number of alkyl halides is 3. The van der Waals surface area contributed by atoms with Crippen LogP contribution in [-0.2, 0) is 22.3 Å². The second kappa shape index (κ2) is 5.45. The monoisotopic (exact) mass is 329 g/mol. The summed E-state index contributed by atoms with van der Waals surface area (Å²) in [6, 6.07) is 2.08. The number of fused-ring (bicyclic) bond motifs is 1. The van der Waals surface area contributed by atoms with E-state index in [9.17, 15) is 18.0 Å². The highest BCUT2D eigenvalue weighted by molar-refractivity contribution is 5.95. The number of halogens is 3. The van der Waals surface area contributed by atoms with E-state index in [2.05, 4.69) is 22.5 Å². The van der Waals surface area contributed by atoms with Crippen molar-refractivity contribution in [3.8, 4) is 0 Å². The van der Waals surface area contributed by atoms with Gasteiger partial charge in [0.25, 0.3) is 0 Å². The average molecular weight is 329 g/mol. The number of hydrogen-bond acceptors (Lipinski definition) is 4. The Morgan fingerprint density at radius 1 is 1.48 bits per heavy atom. The number of piperidine rings is 1. The molecule has 8 heteroatoms. The van der Waals surface area contributed by atoms with Gasteiger partial charge in [-0.15, -0.1) is 0 Å². The summed E-state index contributed by atoms with van der Waals surface area (Å²) in [4.78, 5) is 15.9. The molecule has 1 aromatic rings. The van der Waals surface area contributed by atoms with E-state index in [4.69, 9.17) is 4.74 Å². The first kappa shape index (κ1) is 16.2. The number of pyridine rings is 1. The fourth-order valence-electron chi connectivity index (χ4n) is 3.06. The molecule has 23 heavy (non-hydrogen) atoms. The molecule has 5 nitrogen and oxygen atoms in total. The van der Waals surface area contributed by atoms with Crippen molar-refractivity contribution in [3.63, 3.8) is 0 Å². The minimum absolute atomic E-state index is 0.0686. The molecule has 0 radical (unpaired) electrons. The van der Waals surface area contributed by atoms with E-state index in [1.807, 2.05) is 0 Å². The first-order chi connectivity index (χ1) is 10.7. The van der Waals surface area contributed by atoms with Crippen LogP contribution in [0.5, 0.6) is 0 Å². The molecule has 0 aromatic carbocycles. The summed E-state index contributed by atoms with van der Waals surface area (Å²) in [7, 11) is 1.43. The summed E-state index contributed by atoms with van der Waals surface area (Å²) in [5.41, 5.74) is -0.497. The van der Waals surface area contributed by atoms with Crippen LogP contribution in [-0.4, -0.2) is 30.1 Å². The number of hydrogen-bond donors (Lipinski definition) is 2. The number of amides is 1. The smallest absolute Gasteiger partial charge is 0.380 e. The number of carbonyl (C=O) groups excluding carboxylic acids is 1. The van der Waals surface area contributed by atoms with E-state index >= 15 is 0 Å². The molecule has 1 saturated heterocycles. The van der Waals surface area contributed by atoms with E-state index in [1.165, 1.54) is 13.2 Å². The minimum Gasteiger partial charge on any atom is -0.380 e. The Kier molecular flexibility index (Phi) is 3.84. The van der Waals surface area contributed by atoms with Crippen molar-refractivity contribution in [1.82, 2.24) is 10.3 Å². The standard InChI is InChI=1S/C15H18F3N3O2/c1-14-5-9(19-11(14)6-14)13(22)21-12-8(7-23-2)3-4-10(20-12)15(16,17)18/h3-4,9,11,19H,5-7H2,1-2H3,(H,20,21,22)/t9-,11+,14-/m0/s1. The fraction of sp³-hybridized carbons (Fsp3) is 0.600. The lowest BCUT2D eigenvalue weighted by Crippen LogP contribution is -2.38. The van der Waals surface area contributed by atoms with Gasteiger partial charge in [0.15, 0.2) is 0 Å². The zero-order valence-electron chi connectivity index (χ0n) is 12.8. The summed E-state index contributed by atoms with van der Waals surface area (Å²) in [6.07, 6.45) is -2.85. The van der Waals surface area contributed by atoms with Gasteiger partial charge in [0, 0.05) is 18.7 Å². The molecule has 0 bridgehead atoms. The number of rotatable bonds is 4. The van der Waals surface area contributed by atoms with Gasteiger partial charge in [-0.3, -0.25) is 4.79 Å². The van der Waals surface area contributed by atoms with Crippen LogP contribution in [0.2, 0.25) is 0 Å². The molecular weight excluding hydrogens is 311 g/mol. The van der Waals surface area contributed by atoms with E-state index in [1.54, 1.807) is 0 Å². The summed E-state index contributed by atoms with van der Waals surface area (Å²) in [6.45, 7) is 2.16. The predicted octanol–water partition coefficient (Wildman–Crippen LogP) is 2.33. The maximum absolute atomic E-state index is 12.8. The van der Waals surface area contributed by atoms with Crippen LogP contribution in [0.25, 0.3) is 0 Å². The second-order valence-electron chi connectivity index (χ2n) is 6.46. The number of nitrogens with one attached hydrogen (secondary N) is 2. The molecular formula is C15H18F3N3O2. The van der Waals surface area contributed by atoms with Crippen LogP contribution in [0.3, 0.4) is 0 Å². The van der Waals surface area contributed by atoms with Crippen LogP contribution < -0.4 is 10.6 Å². The molecule has 1 aromatic heterocycles. The second-order valence-corrected chi connectivity index (χ2v) is 6.46. The number of methoxy groups -OCH3 is 1. The minimum atomic E-state index is -4.56. The van der Waals surface area contributed by atoms with E-state index in [0.717, 1.165) is 12.5 Å². The number of aromatic nitrogens is 1. The van der Waals surface area contributed by atoms with Gasteiger partial charge in [0.2, 0.25) is 5.91 Å². The van der Waals surface area contributed by atoms with Crippen LogP contribution in [0.4, 0.5) is 19.0 Å². The molecule has 3 rings (SSSR count). The summed E-state index contributed by atoms with van der Waals surface area (Å²) in [5, 5.41) is 5.71. The largest absolute Gasteiger partial charge is 0.433 e. The normalized spacial score (nSPS) is 29.3. The summed E-state index contributed by atoms with van der Waals surface area (Å²) < 4.78 is 43.4. The van der Waals surface area contributed by atoms with Crippen LogP contribution in [0.15, 0.2) is 12.1 Å². The predicted molar refractivity (Wildman–Crippen MR) is 76.6 cm³/mol. The Balaban J connectivity index is 1.78. The third kappa shape index (κ3) is 3.18. The average Bonchev–Trinajstić information content (AvgIpc) is 2.97. The van der Waals surface area contributed by atoms with Gasteiger partial charge in [-0.1, -0.05) is 13.0 Å². The molecule has 1 saturated carbocycles. The maximum Gasteiger partial charge on any atom is 0.433 e. The van der Waals surface area contributed by atoms with E-state index in [0.29, 0.717) is 18.0 Å². The highest BCUT2D eigenvalue weighted by Gasteiger charge is 2.58. The third-order valence-corrected chi connectivity index (χ3v) is 4.55. The number of anilines is 1. The van der Waals surface area contributed by atoms with Crippen molar-refractivity contribution in [3.05, 3.63) is 23.4 Å². The Bertz CT molecular complexity index is 635. The third-order valence-electron chi connectivity index (χ3n) is 4.55. The Morgan fingerprint density at radius 3 is 2.78 bits per heavy atom. The van der Waals surface area contributed by atoms with Crippen molar-refractivity contribution >= 4 is 11.7 Å². The number of nitrogens with zero attached hydrogens (tertiary/aromatic N) is 1. The van der Waals surface area contributed by atoms with Gasteiger partial charge in [-0.25, -0.2) is 4.98 Å². The zero-order valence-corrected chi connectivity index (χ0v) is 12.8. The lowest BCUT2D eigenvalue weighted by atomic mass is 10.0. The van der Waals surface area contributed by atoms with Gasteiger partial charge in [-0.2, -0.15) is 13.2 Å². The maximum atomic E-state index is 12.8. The topological polar surface area (TPSA) is 63.2 Å². The van der Waals surface area contributed by atoms with Gasteiger partial charge >= 0.3 is 6.18 Å². The zero-order chi connectivity index (χ0) is 16.8. The van der Waals surface area contributed by atoms with Crippen molar-refractivity contribution in [2.24, 2.45) is 5.41 Å². The Labute approximate surface area is 131 Å². The fourth-order valence-corrected chi connectivity index (χ4v) is 3.06. The van der Waals surface area contributed by atoms with E-state index in [-0.39, 0.29) is 23.7 Å².